The van der Waals surface area contributed by atoms with Crippen molar-refractivity contribution < 1.29 is 14.6 Å². The lowest BCUT2D eigenvalue weighted by Crippen LogP contribution is -2.65. The molecule has 2 aromatic rings. The molecule has 4 aliphatic heterocycles. The maximum Gasteiger partial charge on any atom is 0.160 e. The first-order chi connectivity index (χ1) is 15.2. The number of aliphatic hydroxyl groups is 1. The van der Waals surface area contributed by atoms with E-state index >= 15 is 0 Å². The van der Waals surface area contributed by atoms with Crippen LogP contribution in [-0.2, 0) is 10.2 Å². The van der Waals surface area contributed by atoms with Gasteiger partial charge in [0.25, 0.3) is 0 Å². The van der Waals surface area contributed by atoms with E-state index in [1.165, 1.54) is 22.5 Å². The van der Waals surface area contributed by atoms with Gasteiger partial charge in [-0.3, -0.25) is 4.90 Å². The molecule has 3 fully saturated rings. The van der Waals surface area contributed by atoms with Gasteiger partial charge >= 0.3 is 0 Å². The normalized spacial score (nSPS) is 37.7. The summed E-state index contributed by atoms with van der Waals surface area (Å²) in [5.74, 6) is 1.30. The van der Waals surface area contributed by atoms with Gasteiger partial charge in [0.2, 0.25) is 0 Å². The summed E-state index contributed by atoms with van der Waals surface area (Å²) < 4.78 is 11.6. The molecule has 0 aromatic heterocycles. The molecule has 7 rings (SSSR count). The van der Waals surface area contributed by atoms with Crippen LogP contribution in [0.1, 0.15) is 18.4 Å². The molecule has 160 valence electrons. The number of ether oxygens (including phenoxy) is 2. The number of para-hydroxylation sites is 1. The molecule has 1 saturated carbocycles. The standard InChI is InChI=1S/C26H28N2O3/c1-30-18-7-8-20-21(13-18)28(17-5-3-2-4-6-17)24-23-19-14-22-26(20,24)10-11-27(22)15-16(19)9-12-31-25(23)29/h2-9,13,19,22-25,29H,10-12,14-15H2,1H3. The number of nitrogens with zero attached hydrogens (tertiary/aromatic N) is 2. The first kappa shape index (κ1) is 18.3. The van der Waals surface area contributed by atoms with Crippen LogP contribution in [0.3, 0.4) is 0 Å². The molecular weight excluding hydrogens is 388 g/mol. The van der Waals surface area contributed by atoms with Gasteiger partial charge < -0.3 is 19.5 Å². The van der Waals surface area contributed by atoms with E-state index in [1.54, 1.807) is 7.11 Å². The highest BCUT2D eigenvalue weighted by Gasteiger charge is 2.69. The van der Waals surface area contributed by atoms with Crippen molar-refractivity contribution in [1.82, 2.24) is 4.90 Å². The largest absolute Gasteiger partial charge is 0.497 e. The predicted octanol–water partition coefficient (Wildman–Crippen LogP) is 3.45. The Bertz CT molecular complexity index is 1070. The lowest BCUT2D eigenvalue weighted by Gasteiger charge is -2.56. The summed E-state index contributed by atoms with van der Waals surface area (Å²) in [6.45, 7) is 2.64. The van der Waals surface area contributed by atoms with Crippen LogP contribution in [0.15, 0.2) is 60.2 Å². The molecule has 0 radical (unpaired) electrons. The first-order valence-electron chi connectivity index (χ1n) is 11.5. The number of piperidine rings is 1. The number of aliphatic hydroxyl groups excluding tert-OH is 1. The molecule has 5 nitrogen and oxygen atoms in total. The number of methoxy groups -OCH3 is 1. The van der Waals surface area contributed by atoms with Crippen LogP contribution in [0.2, 0.25) is 0 Å². The molecule has 1 aliphatic carbocycles. The molecule has 2 aromatic carbocycles. The maximum atomic E-state index is 11.3. The van der Waals surface area contributed by atoms with Gasteiger partial charge in [-0.05, 0) is 49.1 Å². The SMILES string of the molecule is COc1ccc2c(c1)N(c1ccccc1)C1C3C(O)OCC=C4CN5CCC21C5CC43. The van der Waals surface area contributed by atoms with Crippen LogP contribution in [0.5, 0.6) is 5.75 Å². The first-order valence-corrected chi connectivity index (χ1v) is 11.5. The van der Waals surface area contributed by atoms with E-state index in [2.05, 4.69) is 64.4 Å². The highest BCUT2D eigenvalue weighted by atomic mass is 16.6. The van der Waals surface area contributed by atoms with Gasteiger partial charge in [0.15, 0.2) is 6.29 Å². The number of benzene rings is 2. The summed E-state index contributed by atoms with van der Waals surface area (Å²) in [4.78, 5) is 5.21. The second-order valence-electron chi connectivity index (χ2n) is 9.73. The molecule has 31 heavy (non-hydrogen) atoms. The van der Waals surface area contributed by atoms with Crippen LogP contribution in [-0.4, -0.2) is 55.2 Å². The zero-order valence-corrected chi connectivity index (χ0v) is 17.8. The minimum Gasteiger partial charge on any atom is -0.497 e. The summed E-state index contributed by atoms with van der Waals surface area (Å²) in [5, 5.41) is 11.3. The number of fused-ring (bicyclic) bond motifs is 2. The zero-order valence-electron chi connectivity index (χ0n) is 17.8. The average Bonchev–Trinajstić information content (AvgIpc) is 3.27. The fourth-order valence-corrected chi connectivity index (χ4v) is 7.66. The van der Waals surface area contributed by atoms with Gasteiger partial charge in [0, 0.05) is 41.4 Å². The van der Waals surface area contributed by atoms with Crippen molar-refractivity contribution in [3.8, 4) is 5.75 Å². The third-order valence-corrected chi connectivity index (χ3v) is 8.76. The zero-order chi connectivity index (χ0) is 20.7. The quantitative estimate of drug-likeness (QED) is 0.760. The van der Waals surface area contributed by atoms with Crippen molar-refractivity contribution in [2.45, 2.75) is 36.6 Å². The van der Waals surface area contributed by atoms with Gasteiger partial charge in [0.1, 0.15) is 5.75 Å². The second kappa shape index (κ2) is 6.35. The Kier molecular flexibility index (Phi) is 3.74. The topological polar surface area (TPSA) is 45.2 Å². The van der Waals surface area contributed by atoms with E-state index in [4.69, 9.17) is 9.47 Å². The van der Waals surface area contributed by atoms with E-state index in [0.717, 1.165) is 31.7 Å². The van der Waals surface area contributed by atoms with Crippen molar-refractivity contribution in [2.24, 2.45) is 11.8 Å². The van der Waals surface area contributed by atoms with Crippen molar-refractivity contribution in [3.63, 3.8) is 0 Å². The lowest BCUT2D eigenvalue weighted by molar-refractivity contribution is -0.154. The Morgan fingerprint density at radius 1 is 1.16 bits per heavy atom. The summed E-state index contributed by atoms with van der Waals surface area (Å²) >= 11 is 0. The van der Waals surface area contributed by atoms with Crippen molar-refractivity contribution >= 4 is 11.4 Å². The Hall–Kier alpha value is -2.34. The third kappa shape index (κ3) is 2.22. The molecule has 1 spiro atoms. The van der Waals surface area contributed by atoms with Crippen LogP contribution in [0.4, 0.5) is 11.4 Å². The van der Waals surface area contributed by atoms with Gasteiger partial charge in [-0.1, -0.05) is 35.9 Å². The fraction of sp³-hybridized carbons (Fsp3) is 0.462. The van der Waals surface area contributed by atoms with Crippen molar-refractivity contribution in [3.05, 3.63) is 65.7 Å². The number of anilines is 2. The molecule has 2 bridgehead atoms. The third-order valence-electron chi connectivity index (χ3n) is 8.76. The summed E-state index contributed by atoms with van der Waals surface area (Å²) in [6.07, 6.45) is 3.72. The monoisotopic (exact) mass is 416 g/mol. The van der Waals surface area contributed by atoms with Gasteiger partial charge in [-0.15, -0.1) is 0 Å². The summed E-state index contributed by atoms with van der Waals surface area (Å²) in [6, 6.07) is 17.9. The van der Waals surface area contributed by atoms with E-state index in [-0.39, 0.29) is 17.4 Å². The molecule has 5 aliphatic rings. The highest BCUT2D eigenvalue weighted by Crippen LogP contribution is 2.65. The molecule has 4 heterocycles. The van der Waals surface area contributed by atoms with E-state index in [0.29, 0.717) is 18.6 Å². The Labute approximate surface area is 182 Å². The number of hydrogen-bond acceptors (Lipinski definition) is 5. The maximum absolute atomic E-state index is 11.3. The smallest absolute Gasteiger partial charge is 0.160 e. The van der Waals surface area contributed by atoms with Crippen LogP contribution in [0, 0.1) is 11.8 Å². The van der Waals surface area contributed by atoms with Gasteiger partial charge in [-0.2, -0.15) is 0 Å². The Morgan fingerprint density at radius 3 is 2.87 bits per heavy atom. The Balaban J connectivity index is 1.52. The lowest BCUT2D eigenvalue weighted by atomic mass is 9.55. The molecule has 2 saturated heterocycles. The van der Waals surface area contributed by atoms with E-state index < -0.39 is 6.29 Å². The van der Waals surface area contributed by atoms with E-state index in [9.17, 15) is 5.11 Å². The number of hydrogen-bond donors (Lipinski definition) is 1. The van der Waals surface area contributed by atoms with Crippen molar-refractivity contribution in [1.29, 1.82) is 0 Å². The fourth-order valence-electron chi connectivity index (χ4n) is 7.66. The molecule has 6 atom stereocenters. The average molecular weight is 417 g/mol. The number of rotatable bonds is 2. The van der Waals surface area contributed by atoms with Crippen LogP contribution < -0.4 is 9.64 Å². The summed E-state index contributed by atoms with van der Waals surface area (Å²) in [7, 11) is 1.74. The van der Waals surface area contributed by atoms with Gasteiger partial charge in [0.05, 0.1) is 19.8 Å². The molecule has 0 amide bonds. The minimum absolute atomic E-state index is 0.00117. The molecule has 5 heteroatoms. The second-order valence-corrected chi connectivity index (χ2v) is 9.73. The van der Waals surface area contributed by atoms with Crippen molar-refractivity contribution in [2.75, 3.05) is 31.7 Å². The molecule has 6 unspecified atom stereocenters. The minimum atomic E-state index is -0.754. The predicted molar refractivity (Wildman–Crippen MR) is 119 cm³/mol. The molecule has 1 N–H and O–H groups in total. The highest BCUT2D eigenvalue weighted by molar-refractivity contribution is 5.77. The summed E-state index contributed by atoms with van der Waals surface area (Å²) in [5.41, 5.74) is 5.29. The van der Waals surface area contributed by atoms with E-state index in [1.807, 2.05) is 0 Å². The van der Waals surface area contributed by atoms with Gasteiger partial charge in [-0.25, -0.2) is 0 Å². The Morgan fingerprint density at radius 2 is 2.03 bits per heavy atom. The van der Waals surface area contributed by atoms with Crippen LogP contribution >= 0.6 is 0 Å². The van der Waals surface area contributed by atoms with Crippen LogP contribution in [0.25, 0.3) is 0 Å². The molecular formula is C26H28N2O3.